The van der Waals surface area contributed by atoms with Gasteiger partial charge in [-0.2, -0.15) is 0 Å². The molecule has 3 nitrogen and oxygen atoms in total. The monoisotopic (exact) mass is 227 g/mol. The van der Waals surface area contributed by atoms with E-state index in [0.717, 1.165) is 17.1 Å². The highest BCUT2D eigenvalue weighted by atomic mass is 15.0. The van der Waals surface area contributed by atoms with Gasteiger partial charge in [0.2, 0.25) is 0 Å². The Kier molecular flexibility index (Phi) is 3.28. The number of pyridine rings is 1. The van der Waals surface area contributed by atoms with Crippen LogP contribution in [0.2, 0.25) is 0 Å². The summed E-state index contributed by atoms with van der Waals surface area (Å²) in [5.41, 5.74) is 8.91. The van der Waals surface area contributed by atoms with Crippen LogP contribution in [0.25, 0.3) is 0 Å². The summed E-state index contributed by atoms with van der Waals surface area (Å²) in [5, 5.41) is 3.36. The van der Waals surface area contributed by atoms with Crippen molar-refractivity contribution in [3.8, 4) is 0 Å². The molecule has 1 heterocycles. The third-order valence-electron chi connectivity index (χ3n) is 2.69. The van der Waals surface area contributed by atoms with Gasteiger partial charge < -0.3 is 11.1 Å². The normalized spacial score (nSPS) is 12.1. The number of hydrogen-bond donors (Lipinski definition) is 2. The van der Waals surface area contributed by atoms with Crippen LogP contribution >= 0.6 is 0 Å². The van der Waals surface area contributed by atoms with Crippen molar-refractivity contribution in [3.05, 3.63) is 53.7 Å². The zero-order valence-electron chi connectivity index (χ0n) is 10.1. The van der Waals surface area contributed by atoms with Gasteiger partial charge in [-0.15, -0.1) is 0 Å². The molecule has 0 saturated heterocycles. The van der Waals surface area contributed by atoms with Gasteiger partial charge in [-0.3, -0.25) is 0 Å². The summed E-state index contributed by atoms with van der Waals surface area (Å²) in [6, 6.07) is 12.1. The minimum atomic E-state index is 0.188. The van der Waals surface area contributed by atoms with E-state index in [1.54, 1.807) is 0 Å². The molecule has 2 rings (SSSR count). The maximum absolute atomic E-state index is 5.77. The van der Waals surface area contributed by atoms with E-state index in [1.165, 1.54) is 5.56 Å². The molecule has 3 N–H and O–H groups in total. The Balaban J connectivity index is 2.14. The van der Waals surface area contributed by atoms with Crippen molar-refractivity contribution in [1.82, 2.24) is 4.98 Å². The Bertz CT molecular complexity index is 508. The summed E-state index contributed by atoms with van der Waals surface area (Å²) in [4.78, 5) is 4.29. The molecule has 1 unspecified atom stereocenters. The van der Waals surface area contributed by atoms with Gasteiger partial charge in [0.1, 0.15) is 5.82 Å². The average Bonchev–Trinajstić information content (AvgIpc) is 2.29. The zero-order valence-corrected chi connectivity index (χ0v) is 10.1. The van der Waals surface area contributed by atoms with Gasteiger partial charge >= 0.3 is 0 Å². The lowest BCUT2D eigenvalue weighted by molar-refractivity contribution is 0.874. The lowest BCUT2D eigenvalue weighted by atomic mass is 10.1. The van der Waals surface area contributed by atoms with Crippen LogP contribution in [0.1, 0.15) is 24.1 Å². The van der Waals surface area contributed by atoms with E-state index >= 15 is 0 Å². The summed E-state index contributed by atoms with van der Waals surface area (Å²) in [7, 11) is 0. The molecule has 1 atom stereocenters. The summed E-state index contributed by atoms with van der Waals surface area (Å²) in [6.07, 6.45) is 1.81. The summed E-state index contributed by atoms with van der Waals surface area (Å²) >= 11 is 0. The molecule has 0 radical (unpaired) electrons. The predicted octanol–water partition coefficient (Wildman–Crippen LogP) is 3.15. The fraction of sp³-hybridized carbons (Fsp3) is 0.214. The maximum Gasteiger partial charge on any atom is 0.126 e. The average molecular weight is 227 g/mol. The Morgan fingerprint density at radius 1 is 1.24 bits per heavy atom. The molecule has 0 saturated carbocycles. The molecule has 2 aromatic rings. The fourth-order valence-corrected chi connectivity index (χ4v) is 1.75. The predicted molar refractivity (Wildman–Crippen MR) is 71.9 cm³/mol. The molecule has 3 heteroatoms. The van der Waals surface area contributed by atoms with Crippen LogP contribution in [0, 0.1) is 6.92 Å². The van der Waals surface area contributed by atoms with E-state index in [1.807, 2.05) is 36.5 Å². The quantitative estimate of drug-likeness (QED) is 0.792. The van der Waals surface area contributed by atoms with E-state index in [9.17, 15) is 0 Å². The van der Waals surface area contributed by atoms with Gasteiger partial charge in [-0.05, 0) is 49.2 Å². The maximum atomic E-state index is 5.77. The van der Waals surface area contributed by atoms with Crippen LogP contribution in [0.15, 0.2) is 42.6 Å². The fourth-order valence-electron chi connectivity index (χ4n) is 1.75. The zero-order chi connectivity index (χ0) is 12.3. The van der Waals surface area contributed by atoms with Crippen molar-refractivity contribution in [3.63, 3.8) is 0 Å². The van der Waals surface area contributed by atoms with Crippen LogP contribution in [-0.2, 0) is 0 Å². The lowest BCUT2D eigenvalue weighted by Gasteiger charge is -2.15. The first-order valence-corrected chi connectivity index (χ1v) is 5.70. The van der Waals surface area contributed by atoms with E-state index < -0.39 is 0 Å². The molecule has 0 aliphatic rings. The number of rotatable bonds is 3. The molecule has 1 aromatic carbocycles. The minimum absolute atomic E-state index is 0.188. The number of anilines is 2. The molecule has 17 heavy (non-hydrogen) atoms. The highest BCUT2D eigenvalue weighted by molar-refractivity contribution is 5.45. The van der Waals surface area contributed by atoms with Gasteiger partial charge in [0.15, 0.2) is 0 Å². The number of nitrogens with two attached hydrogens (primary N) is 1. The highest BCUT2D eigenvalue weighted by Gasteiger charge is 2.05. The Morgan fingerprint density at radius 3 is 2.76 bits per heavy atom. The second-order valence-corrected chi connectivity index (χ2v) is 4.25. The van der Waals surface area contributed by atoms with Gasteiger partial charge in [0.05, 0.1) is 6.04 Å². The number of nitrogens with zero attached hydrogens (tertiary/aromatic N) is 1. The van der Waals surface area contributed by atoms with E-state index in [-0.39, 0.29) is 6.04 Å². The van der Waals surface area contributed by atoms with Gasteiger partial charge in [-0.25, -0.2) is 4.98 Å². The third kappa shape index (κ3) is 2.97. The minimum Gasteiger partial charge on any atom is -0.399 e. The van der Waals surface area contributed by atoms with Crippen LogP contribution in [0.4, 0.5) is 11.5 Å². The van der Waals surface area contributed by atoms with E-state index in [4.69, 9.17) is 5.73 Å². The van der Waals surface area contributed by atoms with Crippen LogP contribution < -0.4 is 11.1 Å². The van der Waals surface area contributed by atoms with Crippen LogP contribution in [0.3, 0.4) is 0 Å². The smallest absolute Gasteiger partial charge is 0.126 e. The first kappa shape index (κ1) is 11.5. The third-order valence-corrected chi connectivity index (χ3v) is 2.69. The molecular formula is C14H17N3. The second kappa shape index (κ2) is 4.87. The Labute approximate surface area is 102 Å². The van der Waals surface area contributed by atoms with Crippen molar-refractivity contribution in [2.45, 2.75) is 19.9 Å². The number of aromatic nitrogens is 1. The second-order valence-electron chi connectivity index (χ2n) is 4.25. The van der Waals surface area contributed by atoms with Crippen LogP contribution in [-0.4, -0.2) is 4.98 Å². The van der Waals surface area contributed by atoms with Gasteiger partial charge in [-0.1, -0.05) is 12.1 Å². The summed E-state index contributed by atoms with van der Waals surface area (Å²) in [6.45, 7) is 4.15. The molecule has 88 valence electrons. The first-order valence-electron chi connectivity index (χ1n) is 5.70. The van der Waals surface area contributed by atoms with Gasteiger partial charge in [0, 0.05) is 11.9 Å². The van der Waals surface area contributed by atoms with Crippen molar-refractivity contribution in [2.75, 3.05) is 11.1 Å². The Morgan fingerprint density at radius 2 is 2.06 bits per heavy atom. The SMILES string of the molecule is Cc1ccnc(NC(C)c2cccc(N)c2)c1. The number of hydrogen-bond acceptors (Lipinski definition) is 3. The number of nitrogens with one attached hydrogen (secondary N) is 1. The molecule has 0 bridgehead atoms. The van der Waals surface area contributed by atoms with Crippen LogP contribution in [0.5, 0.6) is 0 Å². The molecule has 0 fully saturated rings. The van der Waals surface area contributed by atoms with E-state index in [0.29, 0.717) is 0 Å². The number of nitrogen functional groups attached to an aromatic ring is 1. The first-order chi connectivity index (χ1) is 8.15. The van der Waals surface area contributed by atoms with Gasteiger partial charge in [0.25, 0.3) is 0 Å². The molecular weight excluding hydrogens is 210 g/mol. The molecule has 0 spiro atoms. The van der Waals surface area contributed by atoms with Crippen molar-refractivity contribution < 1.29 is 0 Å². The topological polar surface area (TPSA) is 50.9 Å². The van der Waals surface area contributed by atoms with E-state index in [2.05, 4.69) is 30.2 Å². The molecule has 0 aliphatic carbocycles. The van der Waals surface area contributed by atoms with Crippen molar-refractivity contribution in [2.24, 2.45) is 0 Å². The molecule has 0 aliphatic heterocycles. The summed E-state index contributed by atoms with van der Waals surface area (Å²) < 4.78 is 0. The standard InChI is InChI=1S/C14H17N3/c1-10-6-7-16-14(8-10)17-11(2)12-4-3-5-13(15)9-12/h3-9,11H,15H2,1-2H3,(H,16,17). The summed E-state index contributed by atoms with van der Waals surface area (Å²) in [5.74, 6) is 0.889. The largest absolute Gasteiger partial charge is 0.399 e. The molecule has 1 aromatic heterocycles. The molecule has 0 amide bonds. The Hall–Kier alpha value is -2.03. The highest BCUT2D eigenvalue weighted by Crippen LogP contribution is 2.19. The number of aryl methyl sites for hydroxylation is 1. The number of benzene rings is 1. The van der Waals surface area contributed by atoms with Crippen molar-refractivity contribution >= 4 is 11.5 Å². The van der Waals surface area contributed by atoms with Crippen molar-refractivity contribution in [1.29, 1.82) is 0 Å². The lowest BCUT2D eigenvalue weighted by Crippen LogP contribution is -2.08.